The highest BCUT2D eigenvalue weighted by molar-refractivity contribution is 5.95. The van der Waals surface area contributed by atoms with Gasteiger partial charge in [-0.25, -0.2) is 9.18 Å². The SMILES string of the molecule is O=C1Nc2ccc(F)cc2CN1CC(=O)N1C[C@@H]2C=C(c3ccnnc3)[C@H]1C2. The van der Waals surface area contributed by atoms with Crippen LogP contribution in [0.4, 0.5) is 14.9 Å². The van der Waals surface area contributed by atoms with Gasteiger partial charge in [-0.15, -0.1) is 0 Å². The van der Waals surface area contributed by atoms with Gasteiger partial charge in [0.05, 0.1) is 25.0 Å². The number of fused-ring (bicyclic) bond motifs is 3. The summed E-state index contributed by atoms with van der Waals surface area (Å²) < 4.78 is 13.5. The molecule has 1 saturated heterocycles. The molecule has 1 N–H and O–H groups in total. The fourth-order valence-electron chi connectivity index (χ4n) is 4.34. The summed E-state index contributed by atoms with van der Waals surface area (Å²) in [5, 5.41) is 10.5. The maximum atomic E-state index is 13.5. The lowest BCUT2D eigenvalue weighted by Gasteiger charge is -2.33. The Balaban J connectivity index is 1.32. The van der Waals surface area contributed by atoms with Gasteiger partial charge in [0, 0.05) is 17.8 Å². The van der Waals surface area contributed by atoms with Gasteiger partial charge in [0.1, 0.15) is 12.4 Å². The van der Waals surface area contributed by atoms with Crippen molar-refractivity contribution >= 4 is 23.2 Å². The number of hydrogen-bond acceptors (Lipinski definition) is 4. The van der Waals surface area contributed by atoms with E-state index in [0.717, 1.165) is 17.6 Å². The summed E-state index contributed by atoms with van der Waals surface area (Å²) >= 11 is 0. The topological polar surface area (TPSA) is 78.4 Å². The maximum Gasteiger partial charge on any atom is 0.322 e. The van der Waals surface area contributed by atoms with E-state index in [0.29, 0.717) is 23.7 Å². The third-order valence-electron chi connectivity index (χ3n) is 5.63. The quantitative estimate of drug-likeness (QED) is 0.888. The molecule has 1 aromatic carbocycles. The summed E-state index contributed by atoms with van der Waals surface area (Å²) in [5.41, 5.74) is 3.32. The summed E-state index contributed by atoms with van der Waals surface area (Å²) in [5.74, 6) is -0.143. The third kappa shape index (κ3) is 2.81. The summed E-state index contributed by atoms with van der Waals surface area (Å²) in [7, 11) is 0. The zero-order valence-electron chi connectivity index (χ0n) is 15.0. The lowest BCUT2D eigenvalue weighted by molar-refractivity contribution is -0.132. The molecule has 2 aliphatic heterocycles. The van der Waals surface area contributed by atoms with E-state index in [4.69, 9.17) is 0 Å². The van der Waals surface area contributed by atoms with Crippen LogP contribution in [-0.4, -0.2) is 51.1 Å². The summed E-state index contributed by atoms with van der Waals surface area (Å²) in [6.45, 7) is 0.836. The third-order valence-corrected chi connectivity index (χ3v) is 5.63. The van der Waals surface area contributed by atoms with Crippen LogP contribution in [0.2, 0.25) is 0 Å². The van der Waals surface area contributed by atoms with Gasteiger partial charge in [0.25, 0.3) is 0 Å². The van der Waals surface area contributed by atoms with Crippen LogP contribution >= 0.6 is 0 Å². The molecule has 0 saturated carbocycles. The van der Waals surface area contributed by atoms with Crippen LogP contribution in [0.3, 0.4) is 0 Å². The van der Waals surface area contributed by atoms with Crippen LogP contribution in [0.5, 0.6) is 0 Å². The second kappa shape index (κ2) is 6.40. The van der Waals surface area contributed by atoms with Crippen LogP contribution < -0.4 is 5.32 Å². The van der Waals surface area contributed by atoms with Crippen molar-refractivity contribution in [1.82, 2.24) is 20.0 Å². The van der Waals surface area contributed by atoms with Crippen molar-refractivity contribution < 1.29 is 14.0 Å². The van der Waals surface area contributed by atoms with Gasteiger partial charge in [-0.05, 0) is 47.7 Å². The molecule has 3 amide bonds. The van der Waals surface area contributed by atoms with Crippen LogP contribution in [-0.2, 0) is 11.3 Å². The van der Waals surface area contributed by atoms with Gasteiger partial charge in [0.2, 0.25) is 5.91 Å². The first kappa shape index (κ1) is 16.9. The van der Waals surface area contributed by atoms with Crippen LogP contribution in [0, 0.1) is 11.7 Å². The van der Waals surface area contributed by atoms with Gasteiger partial charge in [-0.3, -0.25) is 4.79 Å². The van der Waals surface area contributed by atoms with Crippen molar-refractivity contribution in [3.05, 3.63) is 59.7 Å². The molecule has 2 aromatic rings. The molecule has 1 aliphatic carbocycles. The second-order valence-corrected chi connectivity index (χ2v) is 7.40. The highest BCUT2D eigenvalue weighted by atomic mass is 19.1. The largest absolute Gasteiger partial charge is 0.333 e. The van der Waals surface area contributed by atoms with E-state index in [9.17, 15) is 14.0 Å². The van der Waals surface area contributed by atoms with E-state index in [1.807, 2.05) is 11.0 Å². The van der Waals surface area contributed by atoms with E-state index in [-0.39, 0.29) is 36.9 Å². The van der Waals surface area contributed by atoms with Gasteiger partial charge < -0.3 is 15.1 Å². The molecule has 8 heteroatoms. The minimum Gasteiger partial charge on any atom is -0.333 e. The average molecular weight is 379 g/mol. The van der Waals surface area contributed by atoms with Crippen LogP contribution in [0.25, 0.3) is 5.57 Å². The molecule has 7 nitrogen and oxygen atoms in total. The summed E-state index contributed by atoms with van der Waals surface area (Å²) in [6.07, 6.45) is 6.45. The average Bonchev–Trinajstić information content (AvgIpc) is 3.31. The number of benzene rings is 1. The van der Waals surface area contributed by atoms with E-state index < -0.39 is 0 Å². The minimum atomic E-state index is -0.362. The number of urea groups is 1. The molecular weight excluding hydrogens is 361 g/mol. The van der Waals surface area contributed by atoms with Crippen molar-refractivity contribution in [2.45, 2.75) is 19.0 Å². The minimum absolute atomic E-state index is 0.000664. The number of nitrogens with one attached hydrogen (secondary N) is 1. The molecule has 0 unspecified atom stereocenters. The molecule has 5 rings (SSSR count). The van der Waals surface area contributed by atoms with Gasteiger partial charge in [-0.2, -0.15) is 10.2 Å². The number of hydrogen-bond donors (Lipinski definition) is 1. The van der Waals surface area contributed by atoms with Crippen molar-refractivity contribution in [3.63, 3.8) is 0 Å². The number of rotatable bonds is 3. The Bertz CT molecular complexity index is 993. The molecular formula is C20H18FN5O2. The summed E-state index contributed by atoms with van der Waals surface area (Å²) in [6, 6.07) is 5.79. The highest BCUT2D eigenvalue weighted by Crippen LogP contribution is 2.41. The fraction of sp³-hybridized carbons (Fsp3) is 0.300. The molecule has 3 aliphatic rings. The lowest BCUT2D eigenvalue weighted by Crippen LogP contribution is -2.48. The fourth-order valence-corrected chi connectivity index (χ4v) is 4.34. The van der Waals surface area contributed by atoms with Crippen molar-refractivity contribution in [3.8, 4) is 0 Å². The highest BCUT2D eigenvalue weighted by Gasteiger charge is 2.42. The molecule has 2 bridgehead atoms. The van der Waals surface area contributed by atoms with E-state index in [2.05, 4.69) is 21.6 Å². The molecule has 142 valence electrons. The predicted molar refractivity (Wildman–Crippen MR) is 99.4 cm³/mol. The Morgan fingerprint density at radius 1 is 1.29 bits per heavy atom. The molecule has 0 spiro atoms. The van der Waals surface area contributed by atoms with Gasteiger partial charge in [-0.1, -0.05) is 6.08 Å². The Morgan fingerprint density at radius 2 is 2.18 bits per heavy atom. The number of carbonyl (C=O) groups is 2. The second-order valence-electron chi connectivity index (χ2n) is 7.40. The normalized spacial score (nSPS) is 22.8. The number of halogens is 1. The smallest absolute Gasteiger partial charge is 0.322 e. The van der Waals surface area contributed by atoms with Gasteiger partial charge in [0.15, 0.2) is 0 Å². The molecule has 3 heterocycles. The molecule has 0 radical (unpaired) electrons. The number of aromatic nitrogens is 2. The zero-order chi connectivity index (χ0) is 19.3. The standard InChI is InChI=1S/C20H18FN5O2/c21-15-1-2-17-14(7-15)10-25(20(28)24-17)11-19(27)26-9-12-5-16(18(26)6-12)13-3-4-22-23-8-13/h1-5,7-8,12,18H,6,9-11H2,(H,24,28)/t12-,18-/m1/s1. The maximum absolute atomic E-state index is 13.5. The Hall–Kier alpha value is -3.29. The van der Waals surface area contributed by atoms with E-state index in [1.165, 1.54) is 17.0 Å². The lowest BCUT2D eigenvalue weighted by atomic mass is 10.0. The monoisotopic (exact) mass is 379 g/mol. The number of carbonyl (C=O) groups excluding carboxylic acids is 2. The number of amides is 3. The Morgan fingerprint density at radius 3 is 2.96 bits per heavy atom. The molecule has 1 aromatic heterocycles. The number of nitrogens with zero attached hydrogens (tertiary/aromatic N) is 4. The van der Waals surface area contributed by atoms with E-state index >= 15 is 0 Å². The first-order valence-electron chi connectivity index (χ1n) is 9.21. The predicted octanol–water partition coefficient (Wildman–Crippen LogP) is 2.28. The first-order chi connectivity index (χ1) is 13.6. The molecule has 2 atom stereocenters. The summed E-state index contributed by atoms with van der Waals surface area (Å²) in [4.78, 5) is 28.6. The van der Waals surface area contributed by atoms with Crippen molar-refractivity contribution in [2.24, 2.45) is 5.92 Å². The van der Waals surface area contributed by atoms with Crippen molar-refractivity contribution in [1.29, 1.82) is 0 Å². The molecule has 28 heavy (non-hydrogen) atoms. The first-order valence-corrected chi connectivity index (χ1v) is 9.21. The Labute approximate surface area is 160 Å². The van der Waals surface area contributed by atoms with Gasteiger partial charge >= 0.3 is 6.03 Å². The molecule has 1 fully saturated rings. The van der Waals surface area contributed by atoms with Crippen molar-refractivity contribution in [2.75, 3.05) is 18.4 Å². The number of likely N-dealkylation sites (tertiary alicyclic amines) is 1. The Kier molecular flexibility index (Phi) is 3.85. The van der Waals surface area contributed by atoms with Crippen LogP contribution in [0.1, 0.15) is 17.5 Å². The number of anilines is 1. The van der Waals surface area contributed by atoms with Crippen LogP contribution in [0.15, 0.2) is 42.7 Å². The zero-order valence-corrected chi connectivity index (χ0v) is 15.0. The van der Waals surface area contributed by atoms with E-state index in [1.54, 1.807) is 18.5 Å².